The number of hydrogen-bond donors (Lipinski definition) is 3. The molecule has 6 nitrogen and oxygen atoms in total. The second kappa shape index (κ2) is 9.79. The number of aliphatic hydroxyl groups is 1. The zero-order valence-electron chi connectivity index (χ0n) is 10.5. The monoisotopic (exact) mass is 300 g/mol. The van der Waals surface area contributed by atoms with Gasteiger partial charge in [0.2, 0.25) is 0 Å². The van der Waals surface area contributed by atoms with Crippen molar-refractivity contribution in [3.8, 4) is 0 Å². The summed E-state index contributed by atoms with van der Waals surface area (Å²) in [7, 11) is 0. The quantitative estimate of drug-likeness (QED) is 0.575. The molecule has 0 saturated carbocycles. The Kier molecular flexibility index (Phi) is 9.23. The molecule has 0 aromatic rings. The van der Waals surface area contributed by atoms with Gasteiger partial charge in [-0.05, 0) is 18.4 Å². The molecule has 9 heteroatoms. The summed E-state index contributed by atoms with van der Waals surface area (Å²) in [6.45, 7) is -1.59. The number of carbonyl (C=O) groups excluding carboxylic acids is 1. The van der Waals surface area contributed by atoms with Gasteiger partial charge in [0.15, 0.2) is 0 Å². The Bertz CT molecular complexity index is 295. The predicted octanol–water partition coefficient (Wildman–Crippen LogP) is 0.462. The van der Waals surface area contributed by atoms with Crippen LogP contribution in [0.25, 0.3) is 0 Å². The molecule has 112 valence electrons. The molecule has 0 bridgehead atoms. The zero-order valence-corrected chi connectivity index (χ0v) is 11.3. The van der Waals surface area contributed by atoms with E-state index in [1.165, 1.54) is 11.8 Å². The number of rotatable bonds is 9. The van der Waals surface area contributed by atoms with Gasteiger partial charge in [0.25, 0.3) is 6.43 Å². The Morgan fingerprint density at radius 1 is 1.42 bits per heavy atom. The lowest BCUT2D eigenvalue weighted by molar-refractivity contribution is -0.139. The van der Waals surface area contributed by atoms with E-state index in [9.17, 15) is 18.4 Å². The molecule has 0 spiro atoms. The highest BCUT2D eigenvalue weighted by molar-refractivity contribution is 7.98. The molecule has 3 N–H and O–H groups in total. The summed E-state index contributed by atoms with van der Waals surface area (Å²) in [5, 5.41) is 19.8. The largest absolute Gasteiger partial charge is 0.480 e. The molecule has 1 atom stereocenters. The molecule has 0 fully saturated rings. The molecule has 0 unspecified atom stereocenters. The van der Waals surface area contributed by atoms with E-state index < -0.39 is 37.6 Å². The maximum atomic E-state index is 12.2. The summed E-state index contributed by atoms with van der Waals surface area (Å²) in [5.74, 6) is -0.699. The number of carboxylic acid groups (broad SMARTS) is 1. The van der Waals surface area contributed by atoms with Crippen LogP contribution in [0.4, 0.5) is 13.6 Å². The molecule has 0 aromatic heterocycles. The lowest BCUT2D eigenvalue weighted by Crippen LogP contribution is -2.50. The third-order valence-electron chi connectivity index (χ3n) is 2.22. The van der Waals surface area contributed by atoms with E-state index in [2.05, 4.69) is 5.32 Å². The molecule has 0 aromatic carbocycles. The highest BCUT2D eigenvalue weighted by atomic mass is 32.2. The molecular weight excluding hydrogens is 282 g/mol. The van der Waals surface area contributed by atoms with Crippen LogP contribution in [0.1, 0.15) is 6.42 Å². The number of amides is 2. The highest BCUT2D eigenvalue weighted by Crippen LogP contribution is 2.04. The first kappa shape index (κ1) is 17.9. The van der Waals surface area contributed by atoms with Crippen molar-refractivity contribution in [2.75, 3.05) is 31.7 Å². The standard InChI is InChI=1S/C10H18F2N2O4S/c1-19-5-2-7(9(16)17)13-10(18)14(3-4-15)6-8(11)12/h7-8,15H,2-6H2,1H3,(H,13,18)(H,16,17)/t7-/m1/s1. The Morgan fingerprint density at radius 2 is 2.05 bits per heavy atom. The summed E-state index contributed by atoms with van der Waals surface area (Å²) in [4.78, 5) is 23.2. The number of carboxylic acids is 1. The molecule has 0 aliphatic carbocycles. The van der Waals surface area contributed by atoms with Crippen molar-refractivity contribution in [1.29, 1.82) is 0 Å². The van der Waals surface area contributed by atoms with E-state index in [4.69, 9.17) is 10.2 Å². The number of carbonyl (C=O) groups is 2. The van der Waals surface area contributed by atoms with Gasteiger partial charge in [-0.25, -0.2) is 18.4 Å². The molecule has 19 heavy (non-hydrogen) atoms. The maximum Gasteiger partial charge on any atom is 0.326 e. The summed E-state index contributed by atoms with van der Waals surface area (Å²) < 4.78 is 24.5. The Hall–Kier alpha value is -1.09. The fourth-order valence-electron chi connectivity index (χ4n) is 1.30. The number of thioether (sulfide) groups is 1. The second-order valence-electron chi connectivity index (χ2n) is 3.68. The van der Waals surface area contributed by atoms with E-state index in [1.807, 2.05) is 0 Å². The van der Waals surface area contributed by atoms with Crippen LogP contribution in [0, 0.1) is 0 Å². The highest BCUT2D eigenvalue weighted by Gasteiger charge is 2.24. The number of nitrogens with zero attached hydrogens (tertiary/aromatic N) is 1. The van der Waals surface area contributed by atoms with Crippen LogP contribution < -0.4 is 5.32 Å². The van der Waals surface area contributed by atoms with Crippen molar-refractivity contribution < 1.29 is 28.6 Å². The van der Waals surface area contributed by atoms with Crippen LogP contribution in [0.15, 0.2) is 0 Å². The molecular formula is C10H18F2N2O4S. The van der Waals surface area contributed by atoms with Gasteiger partial charge in [-0.2, -0.15) is 11.8 Å². The summed E-state index contributed by atoms with van der Waals surface area (Å²) in [6, 6.07) is -2.04. The summed E-state index contributed by atoms with van der Waals surface area (Å²) in [6.07, 6.45) is -0.758. The van der Waals surface area contributed by atoms with E-state index in [0.29, 0.717) is 10.7 Å². The molecule has 0 radical (unpaired) electrons. The van der Waals surface area contributed by atoms with E-state index in [-0.39, 0.29) is 13.0 Å². The average molecular weight is 300 g/mol. The first-order valence-electron chi connectivity index (χ1n) is 5.58. The third-order valence-corrected chi connectivity index (χ3v) is 2.87. The Balaban J connectivity index is 4.51. The smallest absolute Gasteiger partial charge is 0.326 e. The van der Waals surface area contributed by atoms with Crippen LogP contribution in [-0.4, -0.2) is 71.3 Å². The molecule has 0 saturated heterocycles. The van der Waals surface area contributed by atoms with Gasteiger partial charge in [-0.3, -0.25) is 0 Å². The maximum absolute atomic E-state index is 12.2. The number of halogens is 2. The fourth-order valence-corrected chi connectivity index (χ4v) is 1.77. The number of alkyl halides is 2. The van der Waals surface area contributed by atoms with Gasteiger partial charge in [-0.1, -0.05) is 0 Å². The Morgan fingerprint density at radius 3 is 2.47 bits per heavy atom. The van der Waals surface area contributed by atoms with Gasteiger partial charge in [0.05, 0.1) is 13.2 Å². The number of nitrogens with one attached hydrogen (secondary N) is 1. The average Bonchev–Trinajstić information content (AvgIpc) is 2.32. The SMILES string of the molecule is CSCC[C@@H](NC(=O)N(CCO)CC(F)F)C(=O)O. The molecule has 0 heterocycles. The fraction of sp³-hybridized carbons (Fsp3) is 0.800. The van der Waals surface area contributed by atoms with Crippen LogP contribution in [0.5, 0.6) is 0 Å². The second-order valence-corrected chi connectivity index (χ2v) is 4.67. The van der Waals surface area contributed by atoms with Crippen molar-refractivity contribution in [1.82, 2.24) is 10.2 Å². The minimum absolute atomic E-state index is 0.198. The van der Waals surface area contributed by atoms with Gasteiger partial charge in [-0.15, -0.1) is 0 Å². The zero-order chi connectivity index (χ0) is 14.8. The number of aliphatic hydroxyl groups excluding tert-OH is 1. The van der Waals surface area contributed by atoms with Crippen molar-refractivity contribution in [3.63, 3.8) is 0 Å². The molecule has 0 aliphatic heterocycles. The molecule has 2 amide bonds. The van der Waals surface area contributed by atoms with E-state index >= 15 is 0 Å². The molecule has 0 aliphatic rings. The minimum Gasteiger partial charge on any atom is -0.480 e. The van der Waals surface area contributed by atoms with Crippen molar-refractivity contribution in [2.24, 2.45) is 0 Å². The topological polar surface area (TPSA) is 89.9 Å². The normalized spacial score (nSPS) is 12.3. The van der Waals surface area contributed by atoms with Gasteiger partial charge in [0.1, 0.15) is 6.04 Å². The number of aliphatic carboxylic acids is 1. The van der Waals surface area contributed by atoms with Crippen molar-refractivity contribution >= 4 is 23.8 Å². The van der Waals surface area contributed by atoms with Gasteiger partial charge in [0, 0.05) is 6.54 Å². The lowest BCUT2D eigenvalue weighted by atomic mass is 10.2. The van der Waals surface area contributed by atoms with E-state index in [0.717, 1.165) is 0 Å². The first-order chi connectivity index (χ1) is 8.92. The predicted molar refractivity (Wildman–Crippen MR) is 67.6 cm³/mol. The van der Waals surface area contributed by atoms with Crippen LogP contribution in [0.3, 0.4) is 0 Å². The lowest BCUT2D eigenvalue weighted by Gasteiger charge is -2.24. The number of urea groups is 1. The van der Waals surface area contributed by atoms with Crippen LogP contribution in [-0.2, 0) is 4.79 Å². The van der Waals surface area contributed by atoms with Crippen LogP contribution in [0.2, 0.25) is 0 Å². The van der Waals surface area contributed by atoms with Crippen molar-refractivity contribution in [3.05, 3.63) is 0 Å². The van der Waals surface area contributed by atoms with Gasteiger partial charge >= 0.3 is 12.0 Å². The van der Waals surface area contributed by atoms with E-state index in [1.54, 1.807) is 6.26 Å². The summed E-state index contributed by atoms with van der Waals surface area (Å²) >= 11 is 1.42. The first-order valence-corrected chi connectivity index (χ1v) is 6.98. The minimum atomic E-state index is -2.74. The Labute approximate surface area is 114 Å². The summed E-state index contributed by atoms with van der Waals surface area (Å²) in [5.41, 5.74) is 0. The van der Waals surface area contributed by atoms with Gasteiger partial charge < -0.3 is 20.4 Å². The third kappa shape index (κ3) is 7.83. The number of hydrogen-bond acceptors (Lipinski definition) is 4. The van der Waals surface area contributed by atoms with Crippen LogP contribution >= 0.6 is 11.8 Å². The molecule has 0 rings (SSSR count). The van der Waals surface area contributed by atoms with Crippen molar-refractivity contribution in [2.45, 2.75) is 18.9 Å².